The van der Waals surface area contributed by atoms with E-state index in [1.165, 1.54) is 12.1 Å². The highest BCUT2D eigenvalue weighted by molar-refractivity contribution is 6.06. The van der Waals surface area contributed by atoms with Gasteiger partial charge in [0.25, 0.3) is 0 Å². The van der Waals surface area contributed by atoms with E-state index < -0.39 is 6.03 Å². The highest BCUT2D eigenvalue weighted by Gasteiger charge is 2.16. The summed E-state index contributed by atoms with van der Waals surface area (Å²) in [6.45, 7) is 3.40. The summed E-state index contributed by atoms with van der Waals surface area (Å²) in [5.74, 6) is -0.585. The van der Waals surface area contributed by atoms with Gasteiger partial charge in [-0.15, -0.1) is 0 Å². The Hall–Kier alpha value is -6.35. The lowest BCUT2D eigenvalue weighted by Crippen LogP contribution is -2.21. The maximum Gasteiger partial charge on any atom is 0.323 e. The fourth-order valence-corrected chi connectivity index (χ4v) is 5.52. The molecule has 0 bridgehead atoms. The number of urea groups is 1. The van der Waals surface area contributed by atoms with Crippen LogP contribution in [-0.4, -0.2) is 28.4 Å². The van der Waals surface area contributed by atoms with Gasteiger partial charge >= 0.3 is 6.03 Å². The lowest BCUT2D eigenvalue weighted by Gasteiger charge is -2.15. The van der Waals surface area contributed by atoms with Crippen molar-refractivity contribution in [3.63, 3.8) is 0 Å². The molecule has 7 nitrogen and oxygen atoms in total. The molecule has 4 N–H and O–H groups in total. The molecule has 2 aromatic heterocycles. The van der Waals surface area contributed by atoms with E-state index in [9.17, 15) is 13.6 Å². The first-order chi connectivity index (χ1) is 23.2. The van der Waals surface area contributed by atoms with E-state index in [0.29, 0.717) is 45.0 Å². The number of carbonyl (C=O) groups is 1. The molecule has 2 heterocycles. The standard InChI is InChI=1S/C39H30F2N6O/c1-23-17-27(7-11-33(23)40)37-31(5-3-15-44-37)25-9-13-35(29(19-25)21-42)46-39(48)47-36-14-10-26(20-30(36)22-43)32-6-4-16-45-38(32)28-8-12-34(41)24(2)18-28/h3-22,42-43H,1-2H3,(H2,46,47,48). The highest BCUT2D eigenvalue weighted by atomic mass is 19.1. The topological polar surface area (TPSA) is 115 Å². The number of rotatable bonds is 8. The van der Waals surface area contributed by atoms with Crippen LogP contribution in [0.4, 0.5) is 25.0 Å². The number of aromatic nitrogens is 2. The smallest absolute Gasteiger partial charge is 0.308 e. The number of aryl methyl sites for hydroxylation is 2. The molecule has 6 rings (SSSR count). The average Bonchev–Trinajstić information content (AvgIpc) is 3.11. The van der Waals surface area contributed by atoms with Gasteiger partial charge < -0.3 is 21.5 Å². The second kappa shape index (κ2) is 13.6. The van der Waals surface area contributed by atoms with Gasteiger partial charge in [0.2, 0.25) is 0 Å². The Balaban J connectivity index is 1.24. The monoisotopic (exact) mass is 636 g/mol. The van der Waals surface area contributed by atoms with Crippen molar-refractivity contribution in [3.05, 3.63) is 143 Å². The third-order valence-electron chi connectivity index (χ3n) is 8.01. The number of pyridine rings is 2. The molecule has 0 spiro atoms. The van der Waals surface area contributed by atoms with Gasteiger partial charge in [0.05, 0.1) is 22.8 Å². The first kappa shape index (κ1) is 31.6. The molecule has 6 aromatic rings. The summed E-state index contributed by atoms with van der Waals surface area (Å²) in [6, 6.07) is 27.2. The zero-order valence-corrected chi connectivity index (χ0v) is 26.1. The molecule has 0 fully saturated rings. The number of amides is 2. The predicted molar refractivity (Wildman–Crippen MR) is 188 cm³/mol. The van der Waals surface area contributed by atoms with Crippen molar-refractivity contribution in [2.24, 2.45) is 0 Å². The Kier molecular flexibility index (Phi) is 8.93. The molecule has 2 amide bonds. The van der Waals surface area contributed by atoms with Crippen molar-refractivity contribution in [1.29, 1.82) is 10.8 Å². The van der Waals surface area contributed by atoms with Gasteiger partial charge in [-0.3, -0.25) is 9.97 Å². The van der Waals surface area contributed by atoms with Crippen molar-refractivity contribution in [2.75, 3.05) is 10.6 Å². The van der Waals surface area contributed by atoms with Gasteiger partial charge in [0.15, 0.2) is 0 Å². The molecule has 0 unspecified atom stereocenters. The third kappa shape index (κ3) is 6.47. The van der Waals surface area contributed by atoms with E-state index in [2.05, 4.69) is 20.6 Å². The summed E-state index contributed by atoms with van der Waals surface area (Å²) >= 11 is 0. The van der Waals surface area contributed by atoms with Crippen LogP contribution in [-0.2, 0) is 0 Å². The molecule has 0 aliphatic heterocycles. The minimum atomic E-state index is -0.547. The number of benzene rings is 4. The number of nitrogens with one attached hydrogen (secondary N) is 4. The maximum absolute atomic E-state index is 13.9. The Morgan fingerprint density at radius 3 is 1.42 bits per heavy atom. The van der Waals surface area contributed by atoms with E-state index in [0.717, 1.165) is 45.8 Å². The molecular formula is C39H30F2N6O. The Bertz CT molecular complexity index is 2060. The van der Waals surface area contributed by atoms with E-state index in [4.69, 9.17) is 10.8 Å². The molecule has 0 saturated carbocycles. The Morgan fingerprint density at radius 1 is 0.604 bits per heavy atom. The van der Waals surface area contributed by atoms with Gasteiger partial charge in [0, 0.05) is 58.2 Å². The van der Waals surface area contributed by atoms with E-state index in [-0.39, 0.29) is 11.6 Å². The Labute approximate surface area is 276 Å². The van der Waals surface area contributed by atoms with Gasteiger partial charge in [-0.25, -0.2) is 13.6 Å². The fraction of sp³-hybridized carbons (Fsp3) is 0.0513. The molecule has 0 aliphatic rings. The minimum absolute atomic E-state index is 0.292. The molecule has 0 saturated heterocycles. The molecule has 0 atom stereocenters. The SMILES string of the molecule is Cc1cc(-c2ncccc2-c2ccc(NC(=O)Nc3ccc(-c4cccnc4-c4ccc(F)c(C)c4)cc3C=N)c(C=N)c2)ccc1F. The molecule has 0 radical (unpaired) electrons. The van der Waals surface area contributed by atoms with E-state index in [1.54, 1.807) is 74.8 Å². The van der Waals surface area contributed by atoms with Crippen molar-refractivity contribution < 1.29 is 13.6 Å². The third-order valence-corrected chi connectivity index (χ3v) is 8.01. The largest absolute Gasteiger partial charge is 0.323 e. The second-order valence-corrected chi connectivity index (χ2v) is 11.2. The number of nitrogens with zero attached hydrogens (tertiary/aromatic N) is 2. The number of hydrogen-bond acceptors (Lipinski definition) is 5. The predicted octanol–water partition coefficient (Wildman–Crippen LogP) is 9.68. The first-order valence-corrected chi connectivity index (χ1v) is 15.1. The van der Waals surface area contributed by atoms with Crippen LogP contribution in [0.25, 0.3) is 44.8 Å². The number of hydrogen-bond donors (Lipinski definition) is 4. The van der Waals surface area contributed by atoms with Crippen LogP contribution in [0.3, 0.4) is 0 Å². The summed E-state index contributed by atoms with van der Waals surface area (Å²) in [6.07, 6.45) is 5.66. The number of anilines is 2. The van der Waals surface area contributed by atoms with Crippen molar-refractivity contribution >= 4 is 29.8 Å². The number of halogens is 2. The molecule has 4 aromatic carbocycles. The van der Waals surface area contributed by atoms with Crippen molar-refractivity contribution in [2.45, 2.75) is 13.8 Å². The molecule has 0 aliphatic carbocycles. The van der Waals surface area contributed by atoms with Crippen LogP contribution >= 0.6 is 0 Å². The molecule has 9 heteroatoms. The Morgan fingerprint density at radius 2 is 1.02 bits per heavy atom. The second-order valence-electron chi connectivity index (χ2n) is 11.2. The summed E-state index contributed by atoms with van der Waals surface area (Å²) in [5, 5.41) is 21.7. The van der Waals surface area contributed by atoms with Crippen LogP contribution < -0.4 is 10.6 Å². The van der Waals surface area contributed by atoms with Crippen LogP contribution in [0.5, 0.6) is 0 Å². The molecular weight excluding hydrogens is 606 g/mol. The van der Waals surface area contributed by atoms with Gasteiger partial charge in [-0.05, 0) is 109 Å². The average molecular weight is 637 g/mol. The van der Waals surface area contributed by atoms with Crippen LogP contribution in [0.1, 0.15) is 22.3 Å². The maximum atomic E-state index is 13.9. The van der Waals surface area contributed by atoms with Crippen LogP contribution in [0, 0.1) is 36.3 Å². The van der Waals surface area contributed by atoms with Gasteiger partial charge in [0.1, 0.15) is 11.6 Å². The normalized spacial score (nSPS) is 10.8. The summed E-state index contributed by atoms with van der Waals surface area (Å²) in [7, 11) is 0. The van der Waals surface area contributed by atoms with Gasteiger partial charge in [-0.2, -0.15) is 0 Å². The number of carbonyl (C=O) groups excluding carboxylic acids is 1. The van der Waals surface area contributed by atoms with Crippen LogP contribution in [0.15, 0.2) is 109 Å². The molecule has 236 valence electrons. The van der Waals surface area contributed by atoms with E-state index >= 15 is 0 Å². The summed E-state index contributed by atoms with van der Waals surface area (Å²) in [5.41, 5.74) is 8.80. The van der Waals surface area contributed by atoms with Crippen molar-refractivity contribution in [3.8, 4) is 44.8 Å². The van der Waals surface area contributed by atoms with Crippen LogP contribution in [0.2, 0.25) is 0 Å². The fourth-order valence-electron chi connectivity index (χ4n) is 5.52. The summed E-state index contributed by atoms with van der Waals surface area (Å²) in [4.78, 5) is 22.3. The van der Waals surface area contributed by atoms with E-state index in [1.807, 2.05) is 36.4 Å². The zero-order chi connectivity index (χ0) is 33.8. The highest BCUT2D eigenvalue weighted by Crippen LogP contribution is 2.34. The zero-order valence-electron chi connectivity index (χ0n) is 26.1. The lowest BCUT2D eigenvalue weighted by atomic mass is 9.96. The van der Waals surface area contributed by atoms with Gasteiger partial charge in [-0.1, -0.05) is 24.3 Å². The lowest BCUT2D eigenvalue weighted by molar-refractivity contribution is 0.262. The summed E-state index contributed by atoms with van der Waals surface area (Å²) < 4.78 is 27.9. The quantitative estimate of drug-likeness (QED) is 0.125. The molecule has 48 heavy (non-hydrogen) atoms. The first-order valence-electron chi connectivity index (χ1n) is 15.1. The minimum Gasteiger partial charge on any atom is -0.308 e. The van der Waals surface area contributed by atoms with Crippen molar-refractivity contribution in [1.82, 2.24) is 9.97 Å².